The van der Waals surface area contributed by atoms with E-state index >= 15 is 0 Å². The fraction of sp³-hybridized carbons (Fsp3) is 0.303. The van der Waals surface area contributed by atoms with Gasteiger partial charge in [-0.25, -0.2) is 9.64 Å². The molecule has 1 amide bonds. The molecule has 41 heavy (non-hydrogen) atoms. The number of alkyl carbamates (subject to hydrolysis) is 1. The summed E-state index contributed by atoms with van der Waals surface area (Å²) in [6.07, 6.45) is 2.82. The Balaban J connectivity index is 1.58. The second-order valence-corrected chi connectivity index (χ2v) is 11.4. The lowest BCUT2D eigenvalue weighted by atomic mass is 9.94. The molecule has 3 N–H and O–H groups in total. The summed E-state index contributed by atoms with van der Waals surface area (Å²) in [5.74, 6) is 0.146. The molecule has 5 rings (SSSR count). The number of aromatic nitrogens is 1. The Kier molecular flexibility index (Phi) is 7.46. The highest BCUT2D eigenvalue weighted by Gasteiger charge is 2.27. The average molecular weight is 551 g/mol. The lowest BCUT2D eigenvalue weighted by Gasteiger charge is -2.36. The number of hydrogen-bond donors (Lipinski definition) is 3. The molecule has 1 aromatic heterocycles. The Labute approximate surface area is 240 Å². The summed E-state index contributed by atoms with van der Waals surface area (Å²) < 4.78 is 5.45. The highest BCUT2D eigenvalue weighted by atomic mass is 16.6. The number of para-hydroxylation sites is 2. The molecule has 0 bridgehead atoms. The molecule has 2 heterocycles. The topological polar surface area (TPSA) is 99.3 Å². The first-order chi connectivity index (χ1) is 19.6. The van der Waals surface area contributed by atoms with E-state index in [1.165, 1.54) is 0 Å². The number of nitrogens with zero attached hydrogens (tertiary/aromatic N) is 3. The van der Waals surface area contributed by atoms with Gasteiger partial charge in [0.2, 0.25) is 5.69 Å². The monoisotopic (exact) mass is 550 g/mol. The molecular weight excluding hydrogens is 516 g/mol. The predicted molar refractivity (Wildman–Crippen MR) is 162 cm³/mol. The minimum Gasteiger partial charge on any atom is -0.518 e. The molecule has 1 saturated heterocycles. The second-order valence-electron chi connectivity index (χ2n) is 11.4. The molecule has 0 atom stereocenters. The molecule has 3 aromatic carbocycles. The largest absolute Gasteiger partial charge is 0.518 e. The Morgan fingerprint density at radius 1 is 1.02 bits per heavy atom. The Morgan fingerprint density at radius 2 is 1.73 bits per heavy atom. The number of amides is 1. The van der Waals surface area contributed by atoms with Gasteiger partial charge in [0.05, 0.1) is 17.8 Å². The van der Waals surface area contributed by atoms with Crippen molar-refractivity contribution in [2.75, 3.05) is 18.0 Å². The van der Waals surface area contributed by atoms with Crippen molar-refractivity contribution in [3.63, 3.8) is 0 Å². The zero-order valence-electron chi connectivity index (χ0n) is 23.7. The van der Waals surface area contributed by atoms with Gasteiger partial charge in [-0.15, -0.1) is 0 Å². The number of anilines is 1. The quantitative estimate of drug-likeness (QED) is 0.230. The number of phenolic OH excluding ortho intramolecular Hbond substituents is 2. The Bertz CT molecular complexity index is 1660. The van der Waals surface area contributed by atoms with Crippen LogP contribution < -0.4 is 10.2 Å². The van der Waals surface area contributed by atoms with Gasteiger partial charge in [-0.3, -0.25) is 4.98 Å². The standard InChI is InChI=1S/C33H34N4O4/c1-20-8-6-10-24(30(20)38)26-19-35-27-13-12-21(23-9-7-11-28(34-5)31(23)39)18-25(27)29(26)37-16-14-22(15-17-37)36-32(40)41-33(2,3)4/h6-13,18-19,22,38-39H,14-17H2,1-4H3,(H,36,40). The van der Waals surface area contributed by atoms with Crippen molar-refractivity contribution in [2.24, 2.45) is 0 Å². The van der Waals surface area contributed by atoms with Gasteiger partial charge in [0.1, 0.15) is 17.1 Å². The molecule has 1 aliphatic heterocycles. The van der Waals surface area contributed by atoms with Gasteiger partial charge in [0.15, 0.2) is 0 Å². The van der Waals surface area contributed by atoms with E-state index in [9.17, 15) is 15.0 Å². The summed E-state index contributed by atoms with van der Waals surface area (Å²) >= 11 is 0. The molecule has 1 aliphatic rings. The van der Waals surface area contributed by atoms with Gasteiger partial charge in [0.25, 0.3) is 0 Å². The summed E-state index contributed by atoms with van der Waals surface area (Å²) in [7, 11) is 0. The third-order valence-corrected chi connectivity index (χ3v) is 7.35. The molecular formula is C33H34N4O4. The smallest absolute Gasteiger partial charge is 0.407 e. The molecule has 8 nitrogen and oxygen atoms in total. The fourth-order valence-corrected chi connectivity index (χ4v) is 5.34. The van der Waals surface area contributed by atoms with Crippen molar-refractivity contribution in [3.05, 3.63) is 77.8 Å². The lowest BCUT2D eigenvalue weighted by Crippen LogP contribution is -2.46. The van der Waals surface area contributed by atoms with Crippen LogP contribution in [0, 0.1) is 13.5 Å². The van der Waals surface area contributed by atoms with Gasteiger partial charge in [0, 0.05) is 47.4 Å². The van der Waals surface area contributed by atoms with Gasteiger partial charge < -0.3 is 25.2 Å². The summed E-state index contributed by atoms with van der Waals surface area (Å²) in [6.45, 7) is 16.1. The number of piperidine rings is 1. The number of carbonyl (C=O) groups excluding carboxylic acids is 1. The molecule has 0 unspecified atom stereocenters. The number of fused-ring (bicyclic) bond motifs is 1. The Hall–Kier alpha value is -4.77. The number of hydrogen-bond acceptors (Lipinski definition) is 6. The number of carbonyl (C=O) groups is 1. The van der Waals surface area contributed by atoms with Crippen LogP contribution >= 0.6 is 0 Å². The number of benzene rings is 3. The number of aromatic hydroxyl groups is 2. The van der Waals surface area contributed by atoms with Crippen LogP contribution in [0.5, 0.6) is 11.5 Å². The van der Waals surface area contributed by atoms with Gasteiger partial charge in [-0.05, 0) is 63.8 Å². The van der Waals surface area contributed by atoms with Crippen molar-refractivity contribution in [1.82, 2.24) is 10.3 Å². The first kappa shape index (κ1) is 27.8. The lowest BCUT2D eigenvalue weighted by molar-refractivity contribution is 0.0497. The minimum absolute atomic E-state index is 0.0195. The van der Waals surface area contributed by atoms with E-state index in [4.69, 9.17) is 16.3 Å². The molecule has 0 spiro atoms. The van der Waals surface area contributed by atoms with Crippen LogP contribution in [0.1, 0.15) is 39.2 Å². The average Bonchev–Trinajstić information content (AvgIpc) is 2.93. The van der Waals surface area contributed by atoms with E-state index < -0.39 is 11.7 Å². The first-order valence-corrected chi connectivity index (χ1v) is 13.7. The molecule has 0 saturated carbocycles. The van der Waals surface area contributed by atoms with Crippen LogP contribution in [0.2, 0.25) is 0 Å². The van der Waals surface area contributed by atoms with E-state index in [0.29, 0.717) is 24.2 Å². The normalized spacial score (nSPS) is 14.1. The van der Waals surface area contributed by atoms with E-state index in [1.807, 2.05) is 64.1 Å². The summed E-state index contributed by atoms with van der Waals surface area (Å²) in [4.78, 5) is 22.8. The van der Waals surface area contributed by atoms with Crippen LogP contribution in [-0.4, -0.2) is 46.0 Å². The zero-order valence-corrected chi connectivity index (χ0v) is 23.7. The van der Waals surface area contributed by atoms with Crippen molar-refractivity contribution in [1.29, 1.82) is 0 Å². The number of aryl methyl sites for hydroxylation is 1. The van der Waals surface area contributed by atoms with E-state index in [0.717, 1.165) is 46.1 Å². The van der Waals surface area contributed by atoms with Gasteiger partial charge >= 0.3 is 6.09 Å². The maximum absolute atomic E-state index is 12.4. The van der Waals surface area contributed by atoms with Crippen LogP contribution in [0.4, 0.5) is 16.2 Å². The van der Waals surface area contributed by atoms with Crippen LogP contribution in [0.3, 0.4) is 0 Å². The number of rotatable bonds is 4. The molecule has 0 aliphatic carbocycles. The molecule has 210 valence electrons. The number of nitrogens with one attached hydrogen (secondary N) is 1. The summed E-state index contributed by atoms with van der Waals surface area (Å²) in [5, 5.41) is 25.7. The maximum Gasteiger partial charge on any atom is 0.407 e. The number of pyridine rings is 1. The van der Waals surface area contributed by atoms with Crippen molar-refractivity contribution >= 4 is 28.4 Å². The van der Waals surface area contributed by atoms with E-state index in [-0.39, 0.29) is 23.2 Å². The number of ether oxygens (including phenoxy) is 1. The van der Waals surface area contributed by atoms with Gasteiger partial charge in [-0.1, -0.05) is 42.5 Å². The van der Waals surface area contributed by atoms with Gasteiger partial charge in [-0.2, -0.15) is 0 Å². The molecule has 4 aromatic rings. The van der Waals surface area contributed by atoms with Crippen molar-refractivity contribution in [2.45, 2.75) is 52.2 Å². The highest BCUT2D eigenvalue weighted by Crippen LogP contribution is 2.44. The maximum atomic E-state index is 12.4. The van der Waals surface area contributed by atoms with Crippen molar-refractivity contribution in [3.8, 4) is 33.8 Å². The fourth-order valence-electron chi connectivity index (χ4n) is 5.34. The van der Waals surface area contributed by atoms with E-state index in [1.54, 1.807) is 24.4 Å². The third-order valence-electron chi connectivity index (χ3n) is 7.35. The zero-order chi connectivity index (χ0) is 29.3. The van der Waals surface area contributed by atoms with Crippen LogP contribution in [0.15, 0.2) is 60.8 Å². The van der Waals surface area contributed by atoms with E-state index in [2.05, 4.69) is 15.1 Å². The highest BCUT2D eigenvalue weighted by molar-refractivity contribution is 6.03. The predicted octanol–water partition coefficient (Wildman–Crippen LogP) is 7.33. The van der Waals surface area contributed by atoms with Crippen molar-refractivity contribution < 1.29 is 19.7 Å². The number of phenols is 2. The minimum atomic E-state index is -0.564. The molecule has 0 radical (unpaired) electrons. The summed E-state index contributed by atoms with van der Waals surface area (Å²) in [5.41, 5.74) is 4.91. The van der Waals surface area contributed by atoms with Crippen LogP contribution in [-0.2, 0) is 4.74 Å². The third kappa shape index (κ3) is 5.75. The molecule has 8 heteroatoms. The molecule has 1 fully saturated rings. The Morgan fingerprint density at radius 3 is 2.44 bits per heavy atom. The summed E-state index contributed by atoms with van der Waals surface area (Å²) in [6, 6.07) is 16.6. The first-order valence-electron chi connectivity index (χ1n) is 13.7. The SMILES string of the molecule is [C-]#[N+]c1cccc(-c2ccc3ncc(-c4cccc(C)c4O)c(N4CCC(NC(=O)OC(C)(C)C)CC4)c3c2)c1O. The second kappa shape index (κ2) is 11.0. The van der Waals surface area contributed by atoms with Crippen LogP contribution in [0.25, 0.3) is 38.0 Å².